The highest BCUT2D eigenvalue weighted by Gasteiger charge is 2.42. The van der Waals surface area contributed by atoms with Gasteiger partial charge in [0.05, 0.1) is 6.10 Å². The summed E-state index contributed by atoms with van der Waals surface area (Å²) < 4.78 is 0. The Morgan fingerprint density at radius 3 is 2.68 bits per heavy atom. The molecule has 19 heavy (non-hydrogen) atoms. The number of aromatic nitrogens is 1. The molecule has 2 fully saturated rings. The Labute approximate surface area is 113 Å². The molecule has 3 heterocycles. The van der Waals surface area contributed by atoms with Gasteiger partial charge in [-0.15, -0.1) is 0 Å². The van der Waals surface area contributed by atoms with Crippen molar-refractivity contribution in [1.29, 1.82) is 0 Å². The van der Waals surface area contributed by atoms with Gasteiger partial charge in [-0.05, 0) is 44.2 Å². The van der Waals surface area contributed by atoms with Crippen LogP contribution in [-0.2, 0) is 11.2 Å². The molecule has 4 nitrogen and oxygen atoms in total. The number of carbonyl (C=O) groups excluding carboxylic acids is 1. The summed E-state index contributed by atoms with van der Waals surface area (Å²) in [4.78, 5) is 18.6. The molecule has 0 aromatic carbocycles. The Balaban J connectivity index is 1.59. The minimum absolute atomic E-state index is 0.211. The zero-order valence-corrected chi connectivity index (χ0v) is 11.0. The van der Waals surface area contributed by atoms with Gasteiger partial charge in [0.25, 0.3) is 0 Å². The number of hydrogen-bond acceptors (Lipinski definition) is 3. The minimum Gasteiger partial charge on any atom is -0.393 e. The zero-order chi connectivity index (χ0) is 13.2. The summed E-state index contributed by atoms with van der Waals surface area (Å²) in [6.45, 7) is 0. The maximum Gasteiger partial charge on any atom is 0.223 e. The highest BCUT2D eigenvalue weighted by Crippen LogP contribution is 2.36. The average Bonchev–Trinajstić information content (AvgIpc) is 2.70. The Morgan fingerprint density at radius 1 is 1.32 bits per heavy atom. The van der Waals surface area contributed by atoms with Crippen LogP contribution < -0.4 is 0 Å². The molecule has 0 spiro atoms. The molecule has 2 aliphatic heterocycles. The monoisotopic (exact) mass is 260 g/mol. The SMILES string of the molecule is O=C(CCc1ccccn1)N1C2CCC1CC(O)C2. The molecule has 0 aliphatic carbocycles. The predicted octanol–water partition coefficient (Wildman–Crippen LogP) is 1.53. The lowest BCUT2D eigenvalue weighted by molar-refractivity contribution is -0.137. The topological polar surface area (TPSA) is 53.4 Å². The van der Waals surface area contributed by atoms with E-state index in [1.165, 1.54) is 0 Å². The smallest absolute Gasteiger partial charge is 0.223 e. The summed E-state index contributed by atoms with van der Waals surface area (Å²) in [5, 5.41) is 9.75. The van der Waals surface area contributed by atoms with Gasteiger partial charge >= 0.3 is 0 Å². The highest BCUT2D eigenvalue weighted by molar-refractivity contribution is 5.77. The van der Waals surface area contributed by atoms with E-state index in [1.54, 1.807) is 6.20 Å². The van der Waals surface area contributed by atoms with Crippen LogP contribution in [-0.4, -0.2) is 39.1 Å². The van der Waals surface area contributed by atoms with E-state index in [9.17, 15) is 9.90 Å². The van der Waals surface area contributed by atoms with E-state index < -0.39 is 0 Å². The second kappa shape index (κ2) is 5.29. The van der Waals surface area contributed by atoms with Crippen LogP contribution in [0.2, 0.25) is 0 Å². The van der Waals surface area contributed by atoms with Crippen LogP contribution in [0.1, 0.15) is 37.8 Å². The molecule has 2 aliphatic rings. The molecule has 2 bridgehead atoms. The second-order valence-electron chi connectivity index (χ2n) is 5.63. The van der Waals surface area contributed by atoms with Gasteiger partial charge in [0.15, 0.2) is 0 Å². The quantitative estimate of drug-likeness (QED) is 0.896. The van der Waals surface area contributed by atoms with Gasteiger partial charge in [-0.1, -0.05) is 6.07 Å². The standard InChI is InChI=1S/C15H20N2O2/c18-14-9-12-5-6-13(10-14)17(12)15(19)7-4-11-3-1-2-8-16-11/h1-3,8,12-14,18H,4-7,9-10H2. The Hall–Kier alpha value is -1.42. The van der Waals surface area contributed by atoms with Gasteiger partial charge in [0, 0.05) is 30.4 Å². The summed E-state index contributed by atoms with van der Waals surface area (Å²) in [7, 11) is 0. The molecule has 1 aromatic heterocycles. The van der Waals surface area contributed by atoms with E-state index in [1.807, 2.05) is 23.1 Å². The van der Waals surface area contributed by atoms with E-state index in [4.69, 9.17) is 0 Å². The number of rotatable bonds is 3. The van der Waals surface area contributed by atoms with Crippen molar-refractivity contribution in [3.05, 3.63) is 30.1 Å². The number of amides is 1. The number of aliphatic hydroxyl groups is 1. The molecular formula is C15H20N2O2. The van der Waals surface area contributed by atoms with E-state index in [-0.39, 0.29) is 24.1 Å². The minimum atomic E-state index is -0.211. The third-order valence-corrected chi connectivity index (χ3v) is 4.32. The van der Waals surface area contributed by atoms with E-state index in [0.29, 0.717) is 12.8 Å². The average molecular weight is 260 g/mol. The van der Waals surface area contributed by atoms with Crippen LogP contribution in [0, 0.1) is 0 Å². The number of nitrogens with zero attached hydrogens (tertiary/aromatic N) is 2. The van der Waals surface area contributed by atoms with Gasteiger partial charge in [-0.25, -0.2) is 0 Å². The van der Waals surface area contributed by atoms with Crippen molar-refractivity contribution in [3.8, 4) is 0 Å². The number of hydrogen-bond donors (Lipinski definition) is 1. The van der Waals surface area contributed by atoms with Gasteiger partial charge in [0.1, 0.15) is 0 Å². The second-order valence-corrected chi connectivity index (χ2v) is 5.63. The van der Waals surface area contributed by atoms with Crippen LogP contribution in [0.5, 0.6) is 0 Å². The molecule has 0 saturated carbocycles. The molecule has 2 saturated heterocycles. The third-order valence-electron chi connectivity index (χ3n) is 4.32. The number of fused-ring (bicyclic) bond motifs is 2. The summed E-state index contributed by atoms with van der Waals surface area (Å²) in [5.41, 5.74) is 0.972. The predicted molar refractivity (Wildman–Crippen MR) is 71.5 cm³/mol. The fourth-order valence-corrected chi connectivity index (χ4v) is 3.47. The number of aliphatic hydroxyl groups excluding tert-OH is 1. The van der Waals surface area contributed by atoms with Crippen molar-refractivity contribution in [2.24, 2.45) is 0 Å². The van der Waals surface area contributed by atoms with Crippen molar-refractivity contribution in [3.63, 3.8) is 0 Å². The fourth-order valence-electron chi connectivity index (χ4n) is 3.47. The maximum atomic E-state index is 12.4. The molecule has 2 atom stereocenters. The molecule has 2 unspecified atom stereocenters. The molecular weight excluding hydrogens is 240 g/mol. The van der Waals surface area contributed by atoms with Crippen molar-refractivity contribution in [2.75, 3.05) is 0 Å². The van der Waals surface area contributed by atoms with Crippen LogP contribution >= 0.6 is 0 Å². The Morgan fingerprint density at radius 2 is 2.05 bits per heavy atom. The lowest BCUT2D eigenvalue weighted by Crippen LogP contribution is -2.48. The van der Waals surface area contributed by atoms with Crippen LogP contribution in [0.15, 0.2) is 24.4 Å². The van der Waals surface area contributed by atoms with Gasteiger partial charge in [-0.3, -0.25) is 9.78 Å². The molecule has 1 N–H and O–H groups in total. The summed E-state index contributed by atoms with van der Waals surface area (Å²) in [6.07, 6.45) is 6.41. The summed E-state index contributed by atoms with van der Waals surface area (Å²) in [6, 6.07) is 6.34. The fraction of sp³-hybridized carbons (Fsp3) is 0.600. The number of carbonyl (C=O) groups is 1. The van der Waals surface area contributed by atoms with Crippen molar-refractivity contribution < 1.29 is 9.90 Å². The number of pyridine rings is 1. The largest absolute Gasteiger partial charge is 0.393 e. The Bertz CT molecular complexity index is 435. The number of aryl methyl sites for hydroxylation is 1. The molecule has 3 rings (SSSR count). The van der Waals surface area contributed by atoms with Crippen LogP contribution in [0.3, 0.4) is 0 Å². The van der Waals surface area contributed by atoms with E-state index >= 15 is 0 Å². The van der Waals surface area contributed by atoms with Crippen molar-refractivity contribution in [1.82, 2.24) is 9.88 Å². The van der Waals surface area contributed by atoms with Crippen molar-refractivity contribution in [2.45, 2.75) is 56.7 Å². The molecule has 1 aromatic rings. The first-order valence-electron chi connectivity index (χ1n) is 7.13. The van der Waals surface area contributed by atoms with E-state index in [2.05, 4.69) is 4.98 Å². The first-order chi connectivity index (χ1) is 9.24. The first-order valence-corrected chi connectivity index (χ1v) is 7.13. The number of piperidine rings is 1. The van der Waals surface area contributed by atoms with E-state index in [0.717, 1.165) is 31.4 Å². The maximum absolute atomic E-state index is 12.4. The van der Waals surface area contributed by atoms with Gasteiger partial charge < -0.3 is 10.0 Å². The third kappa shape index (κ3) is 2.63. The van der Waals surface area contributed by atoms with Gasteiger partial charge in [-0.2, -0.15) is 0 Å². The zero-order valence-electron chi connectivity index (χ0n) is 11.0. The van der Waals surface area contributed by atoms with Crippen LogP contribution in [0.4, 0.5) is 0 Å². The Kier molecular flexibility index (Phi) is 3.51. The molecule has 0 radical (unpaired) electrons. The molecule has 4 heteroatoms. The normalized spacial score (nSPS) is 29.5. The lowest BCUT2D eigenvalue weighted by atomic mass is 9.99. The molecule has 102 valence electrons. The van der Waals surface area contributed by atoms with Crippen molar-refractivity contribution >= 4 is 5.91 Å². The van der Waals surface area contributed by atoms with Gasteiger partial charge in [0.2, 0.25) is 5.91 Å². The first kappa shape index (κ1) is 12.6. The summed E-state index contributed by atoms with van der Waals surface area (Å²) in [5.74, 6) is 0.227. The lowest BCUT2D eigenvalue weighted by Gasteiger charge is -2.37. The van der Waals surface area contributed by atoms with Crippen LogP contribution in [0.25, 0.3) is 0 Å². The summed E-state index contributed by atoms with van der Waals surface area (Å²) >= 11 is 0. The molecule has 1 amide bonds. The highest BCUT2D eigenvalue weighted by atomic mass is 16.3.